The van der Waals surface area contributed by atoms with Crippen LogP contribution in [0.2, 0.25) is 5.02 Å². The standard InChI is InChI=1S/C21H23ClN4O2/c1-3-15-4-6-16(7-5-15)13-26-14(2)20(24-25-26)21(28)23-12-19(27)17-8-10-18(22)11-9-17/h4-11,19,27H,3,12-13H2,1-2H3,(H,23,28)/t19-/m0/s1. The molecule has 1 atom stereocenters. The molecule has 1 heterocycles. The first-order valence-corrected chi connectivity index (χ1v) is 9.55. The van der Waals surface area contributed by atoms with Gasteiger partial charge in [0.15, 0.2) is 5.69 Å². The largest absolute Gasteiger partial charge is 0.387 e. The summed E-state index contributed by atoms with van der Waals surface area (Å²) in [4.78, 5) is 12.4. The van der Waals surface area contributed by atoms with Crippen LogP contribution in [0.25, 0.3) is 0 Å². The summed E-state index contributed by atoms with van der Waals surface area (Å²) in [5.74, 6) is -0.363. The molecule has 0 radical (unpaired) electrons. The van der Waals surface area contributed by atoms with Gasteiger partial charge in [0, 0.05) is 11.6 Å². The van der Waals surface area contributed by atoms with Gasteiger partial charge in [0.1, 0.15) is 0 Å². The molecule has 0 spiro atoms. The number of aromatic nitrogens is 3. The molecular formula is C21H23ClN4O2. The normalized spacial score (nSPS) is 12.0. The lowest BCUT2D eigenvalue weighted by molar-refractivity contribution is 0.0910. The lowest BCUT2D eigenvalue weighted by atomic mass is 10.1. The van der Waals surface area contributed by atoms with Crippen molar-refractivity contribution in [2.24, 2.45) is 0 Å². The van der Waals surface area contributed by atoms with Gasteiger partial charge < -0.3 is 10.4 Å². The monoisotopic (exact) mass is 398 g/mol. The van der Waals surface area contributed by atoms with Crippen LogP contribution in [0.15, 0.2) is 48.5 Å². The summed E-state index contributed by atoms with van der Waals surface area (Å²) in [6.45, 7) is 4.55. The smallest absolute Gasteiger partial charge is 0.273 e. The molecule has 0 fully saturated rings. The van der Waals surface area contributed by atoms with E-state index in [9.17, 15) is 9.90 Å². The Labute approximate surface area is 169 Å². The van der Waals surface area contributed by atoms with E-state index in [0.29, 0.717) is 22.8 Å². The van der Waals surface area contributed by atoms with Gasteiger partial charge in [-0.3, -0.25) is 4.79 Å². The average molecular weight is 399 g/mol. The van der Waals surface area contributed by atoms with E-state index in [1.807, 2.05) is 6.92 Å². The Balaban J connectivity index is 1.61. The molecule has 28 heavy (non-hydrogen) atoms. The number of benzene rings is 2. The van der Waals surface area contributed by atoms with Crippen molar-refractivity contribution in [1.29, 1.82) is 0 Å². The van der Waals surface area contributed by atoms with Gasteiger partial charge in [-0.05, 0) is 42.2 Å². The predicted octanol–water partition coefficient (Wildman–Crippen LogP) is 3.31. The van der Waals surface area contributed by atoms with Crippen molar-refractivity contribution in [2.45, 2.75) is 32.9 Å². The molecule has 7 heteroatoms. The minimum atomic E-state index is -0.825. The van der Waals surface area contributed by atoms with E-state index in [1.54, 1.807) is 28.9 Å². The van der Waals surface area contributed by atoms with Gasteiger partial charge in [0.05, 0.1) is 18.3 Å². The number of nitrogens with one attached hydrogen (secondary N) is 1. The van der Waals surface area contributed by atoms with Crippen molar-refractivity contribution in [1.82, 2.24) is 20.3 Å². The quantitative estimate of drug-likeness (QED) is 0.639. The minimum absolute atomic E-state index is 0.0746. The Kier molecular flexibility index (Phi) is 6.44. The molecule has 146 valence electrons. The summed E-state index contributed by atoms with van der Waals surface area (Å²) in [6.07, 6.45) is 0.170. The van der Waals surface area contributed by atoms with Crippen LogP contribution in [-0.2, 0) is 13.0 Å². The van der Waals surface area contributed by atoms with E-state index < -0.39 is 6.10 Å². The Morgan fingerprint density at radius 2 is 1.79 bits per heavy atom. The third kappa shape index (κ3) is 4.77. The summed E-state index contributed by atoms with van der Waals surface area (Å²) < 4.78 is 1.70. The second kappa shape index (κ2) is 8.99. The number of halogens is 1. The number of carbonyl (C=O) groups is 1. The van der Waals surface area contributed by atoms with E-state index in [-0.39, 0.29) is 18.1 Å². The van der Waals surface area contributed by atoms with Crippen LogP contribution in [0.5, 0.6) is 0 Å². The number of hydrogen-bond donors (Lipinski definition) is 2. The first-order chi connectivity index (χ1) is 13.5. The molecular weight excluding hydrogens is 376 g/mol. The molecule has 0 unspecified atom stereocenters. The highest BCUT2D eigenvalue weighted by Crippen LogP contribution is 2.16. The van der Waals surface area contributed by atoms with E-state index in [1.165, 1.54) is 5.56 Å². The van der Waals surface area contributed by atoms with Crippen molar-refractivity contribution < 1.29 is 9.90 Å². The zero-order valence-corrected chi connectivity index (χ0v) is 16.6. The van der Waals surface area contributed by atoms with Crippen molar-refractivity contribution >= 4 is 17.5 Å². The SMILES string of the molecule is CCc1ccc(Cn2nnc(C(=O)NC[C@H](O)c3ccc(Cl)cc3)c2C)cc1. The lowest BCUT2D eigenvalue weighted by Crippen LogP contribution is -2.29. The zero-order valence-electron chi connectivity index (χ0n) is 15.9. The second-order valence-electron chi connectivity index (χ2n) is 6.63. The van der Waals surface area contributed by atoms with Crippen molar-refractivity contribution in [3.63, 3.8) is 0 Å². The number of nitrogens with zero attached hydrogens (tertiary/aromatic N) is 3. The van der Waals surface area contributed by atoms with Crippen LogP contribution in [0.1, 0.15) is 45.9 Å². The van der Waals surface area contributed by atoms with Gasteiger partial charge in [0.25, 0.3) is 5.91 Å². The molecule has 6 nitrogen and oxygen atoms in total. The fraction of sp³-hybridized carbons (Fsp3) is 0.286. The molecule has 3 rings (SSSR count). The van der Waals surface area contributed by atoms with E-state index >= 15 is 0 Å². The first kappa shape index (κ1) is 20.0. The van der Waals surface area contributed by atoms with Crippen molar-refractivity contribution in [2.75, 3.05) is 6.54 Å². The Bertz CT molecular complexity index is 936. The van der Waals surface area contributed by atoms with Crippen LogP contribution >= 0.6 is 11.6 Å². The van der Waals surface area contributed by atoms with E-state index in [0.717, 1.165) is 12.0 Å². The van der Waals surface area contributed by atoms with E-state index in [4.69, 9.17) is 11.6 Å². The fourth-order valence-corrected chi connectivity index (χ4v) is 2.98. The number of amides is 1. The maximum absolute atomic E-state index is 12.4. The fourth-order valence-electron chi connectivity index (χ4n) is 2.85. The molecule has 0 aliphatic carbocycles. The summed E-state index contributed by atoms with van der Waals surface area (Å²) in [5.41, 5.74) is 3.99. The topological polar surface area (TPSA) is 80.0 Å². The molecule has 0 saturated carbocycles. The molecule has 2 aromatic carbocycles. The lowest BCUT2D eigenvalue weighted by Gasteiger charge is -2.12. The third-order valence-electron chi connectivity index (χ3n) is 4.67. The highest BCUT2D eigenvalue weighted by Gasteiger charge is 2.18. The highest BCUT2D eigenvalue weighted by atomic mass is 35.5. The average Bonchev–Trinajstić information content (AvgIpc) is 3.07. The van der Waals surface area contributed by atoms with Gasteiger partial charge in [-0.25, -0.2) is 4.68 Å². The number of aryl methyl sites for hydroxylation is 1. The summed E-state index contributed by atoms with van der Waals surface area (Å²) in [7, 11) is 0. The van der Waals surface area contributed by atoms with Crippen molar-refractivity contribution in [3.05, 3.63) is 81.6 Å². The number of aliphatic hydroxyl groups is 1. The maximum atomic E-state index is 12.4. The molecule has 2 N–H and O–H groups in total. The first-order valence-electron chi connectivity index (χ1n) is 9.17. The molecule has 0 bridgehead atoms. The summed E-state index contributed by atoms with van der Waals surface area (Å²) >= 11 is 5.85. The van der Waals surface area contributed by atoms with Crippen molar-refractivity contribution in [3.8, 4) is 0 Å². The summed E-state index contributed by atoms with van der Waals surface area (Å²) in [5, 5.41) is 21.6. The second-order valence-corrected chi connectivity index (χ2v) is 7.06. The van der Waals surface area contributed by atoms with Gasteiger partial charge in [-0.2, -0.15) is 0 Å². The van der Waals surface area contributed by atoms with Gasteiger partial charge in [-0.15, -0.1) is 5.10 Å². The number of aliphatic hydroxyl groups excluding tert-OH is 1. The number of hydrogen-bond acceptors (Lipinski definition) is 4. The minimum Gasteiger partial charge on any atom is -0.387 e. The number of carbonyl (C=O) groups excluding carboxylic acids is 1. The van der Waals surface area contributed by atoms with Gasteiger partial charge in [0.2, 0.25) is 0 Å². The molecule has 3 aromatic rings. The molecule has 0 aliphatic rings. The van der Waals surface area contributed by atoms with Crippen LogP contribution in [0, 0.1) is 6.92 Å². The molecule has 1 aromatic heterocycles. The van der Waals surface area contributed by atoms with Crippen LogP contribution < -0.4 is 5.32 Å². The molecule has 0 saturated heterocycles. The number of rotatable bonds is 7. The van der Waals surface area contributed by atoms with Crippen LogP contribution in [0.3, 0.4) is 0 Å². The summed E-state index contributed by atoms with van der Waals surface area (Å²) in [6, 6.07) is 15.1. The van der Waals surface area contributed by atoms with Crippen LogP contribution in [0.4, 0.5) is 0 Å². The molecule has 0 aliphatic heterocycles. The Hall–Kier alpha value is -2.70. The van der Waals surface area contributed by atoms with Gasteiger partial charge in [-0.1, -0.05) is 60.1 Å². The Morgan fingerprint density at radius 1 is 1.14 bits per heavy atom. The zero-order chi connectivity index (χ0) is 20.1. The van der Waals surface area contributed by atoms with E-state index in [2.05, 4.69) is 46.8 Å². The molecule has 1 amide bonds. The van der Waals surface area contributed by atoms with Gasteiger partial charge >= 0.3 is 0 Å². The maximum Gasteiger partial charge on any atom is 0.273 e. The van der Waals surface area contributed by atoms with Crippen LogP contribution in [-0.4, -0.2) is 32.6 Å². The third-order valence-corrected chi connectivity index (χ3v) is 4.92. The Morgan fingerprint density at radius 3 is 2.43 bits per heavy atom. The predicted molar refractivity (Wildman–Crippen MR) is 108 cm³/mol. The highest BCUT2D eigenvalue weighted by molar-refractivity contribution is 6.30.